The van der Waals surface area contributed by atoms with E-state index >= 15 is 0 Å². The molecule has 0 bridgehead atoms. The van der Waals surface area contributed by atoms with Crippen LogP contribution in [0.1, 0.15) is 18.2 Å². The maximum Gasteiger partial charge on any atom is 0.246 e. The van der Waals surface area contributed by atoms with Gasteiger partial charge in [0.25, 0.3) is 0 Å². The Kier molecular flexibility index (Phi) is 6.05. The van der Waals surface area contributed by atoms with Crippen LogP contribution < -0.4 is 5.32 Å². The fraction of sp³-hybridized carbons (Fsp3) is 0.538. The van der Waals surface area contributed by atoms with Gasteiger partial charge in [0, 0.05) is 44.4 Å². The van der Waals surface area contributed by atoms with Crippen molar-refractivity contribution in [2.75, 3.05) is 19.6 Å². The van der Waals surface area contributed by atoms with Crippen LogP contribution >= 0.6 is 24.0 Å². The molecule has 1 unspecified atom stereocenters. The van der Waals surface area contributed by atoms with Crippen molar-refractivity contribution in [3.05, 3.63) is 22.5 Å². The molecule has 0 saturated carbocycles. The van der Waals surface area contributed by atoms with E-state index in [1.165, 1.54) is 0 Å². The first-order valence-corrected chi connectivity index (χ1v) is 6.76. The number of halogens is 2. The third kappa shape index (κ3) is 3.75. The first-order valence-electron chi connectivity index (χ1n) is 6.38. The molecule has 2 heterocycles. The molecule has 1 saturated heterocycles. The van der Waals surface area contributed by atoms with E-state index in [1.807, 2.05) is 11.8 Å². The quantitative estimate of drug-likeness (QED) is 0.843. The molecule has 5 nitrogen and oxygen atoms in total. The monoisotopic (exact) mass is 318 g/mol. The van der Waals surface area contributed by atoms with Crippen molar-refractivity contribution in [3.8, 4) is 0 Å². The van der Waals surface area contributed by atoms with Crippen molar-refractivity contribution in [2.45, 2.75) is 19.9 Å². The summed E-state index contributed by atoms with van der Waals surface area (Å²) in [7, 11) is 1.78. The van der Waals surface area contributed by atoms with E-state index in [-0.39, 0.29) is 18.3 Å². The third-order valence-electron chi connectivity index (χ3n) is 3.27. The number of amides is 1. The molecule has 1 atom stereocenters. The fourth-order valence-electron chi connectivity index (χ4n) is 2.23. The van der Waals surface area contributed by atoms with Crippen LogP contribution in [0.25, 0.3) is 6.08 Å². The zero-order valence-corrected chi connectivity index (χ0v) is 13.5. The molecule has 1 amide bonds. The molecule has 0 aromatic carbocycles. The maximum atomic E-state index is 12.1. The van der Waals surface area contributed by atoms with Crippen LogP contribution in [0.15, 0.2) is 6.08 Å². The third-order valence-corrected chi connectivity index (χ3v) is 3.72. The van der Waals surface area contributed by atoms with E-state index in [1.54, 1.807) is 23.9 Å². The van der Waals surface area contributed by atoms with Gasteiger partial charge in [-0.25, -0.2) is 0 Å². The predicted octanol–water partition coefficient (Wildman–Crippen LogP) is 1.64. The summed E-state index contributed by atoms with van der Waals surface area (Å²) < 4.78 is 1.61. The highest BCUT2D eigenvalue weighted by Crippen LogP contribution is 2.20. The average Bonchev–Trinajstić information content (AvgIpc) is 2.61. The molecule has 1 N–H and O–H groups in total. The largest absolute Gasteiger partial charge is 0.336 e. The first kappa shape index (κ1) is 17.0. The molecular formula is C13H20Cl2N4O. The van der Waals surface area contributed by atoms with Gasteiger partial charge in [-0.1, -0.05) is 11.6 Å². The van der Waals surface area contributed by atoms with Crippen molar-refractivity contribution < 1.29 is 4.79 Å². The van der Waals surface area contributed by atoms with Gasteiger partial charge in [0.1, 0.15) is 5.15 Å². The van der Waals surface area contributed by atoms with Crippen LogP contribution in [-0.2, 0) is 11.8 Å². The average molecular weight is 319 g/mol. The molecule has 1 aromatic heterocycles. The van der Waals surface area contributed by atoms with Crippen LogP contribution in [0.3, 0.4) is 0 Å². The molecule has 20 heavy (non-hydrogen) atoms. The Bertz CT molecular complexity index is 513. The lowest BCUT2D eigenvalue weighted by molar-refractivity contribution is -0.127. The molecule has 112 valence electrons. The number of carbonyl (C=O) groups excluding carboxylic acids is 1. The van der Waals surface area contributed by atoms with Gasteiger partial charge in [-0.05, 0) is 19.9 Å². The predicted molar refractivity (Wildman–Crippen MR) is 83.3 cm³/mol. The topological polar surface area (TPSA) is 50.2 Å². The van der Waals surface area contributed by atoms with Crippen LogP contribution in [0.2, 0.25) is 5.15 Å². The lowest BCUT2D eigenvalue weighted by atomic mass is 10.2. The van der Waals surface area contributed by atoms with E-state index in [2.05, 4.69) is 17.3 Å². The van der Waals surface area contributed by atoms with Crippen LogP contribution in [-0.4, -0.2) is 46.3 Å². The van der Waals surface area contributed by atoms with Crippen molar-refractivity contribution in [1.29, 1.82) is 0 Å². The number of hydrogen-bond acceptors (Lipinski definition) is 3. The number of carbonyl (C=O) groups is 1. The number of aryl methyl sites for hydroxylation is 2. The van der Waals surface area contributed by atoms with Crippen LogP contribution in [0.4, 0.5) is 0 Å². The molecule has 1 fully saturated rings. The fourth-order valence-corrected chi connectivity index (χ4v) is 2.47. The highest BCUT2D eigenvalue weighted by molar-refractivity contribution is 6.31. The Hall–Kier alpha value is -1.04. The van der Waals surface area contributed by atoms with E-state index in [0.717, 1.165) is 30.9 Å². The van der Waals surface area contributed by atoms with Gasteiger partial charge in [-0.3, -0.25) is 9.48 Å². The van der Waals surface area contributed by atoms with E-state index < -0.39 is 0 Å². The molecule has 1 aliphatic rings. The Balaban J connectivity index is 0.00000200. The number of nitrogens with zero attached hydrogens (tertiary/aromatic N) is 3. The number of rotatable bonds is 2. The number of nitrogens with one attached hydrogen (secondary N) is 1. The summed E-state index contributed by atoms with van der Waals surface area (Å²) in [6.07, 6.45) is 3.33. The minimum Gasteiger partial charge on any atom is -0.336 e. The first-order chi connectivity index (χ1) is 8.99. The summed E-state index contributed by atoms with van der Waals surface area (Å²) in [5.74, 6) is 0.0210. The van der Waals surface area contributed by atoms with Crippen molar-refractivity contribution >= 4 is 36.0 Å². The maximum absolute atomic E-state index is 12.1. The van der Waals surface area contributed by atoms with Crippen molar-refractivity contribution in [3.63, 3.8) is 0 Å². The molecule has 7 heteroatoms. The number of hydrogen-bond donors (Lipinski definition) is 1. The number of aromatic nitrogens is 2. The van der Waals surface area contributed by atoms with Gasteiger partial charge in [0.2, 0.25) is 5.91 Å². The van der Waals surface area contributed by atoms with Gasteiger partial charge in [0.05, 0.1) is 5.69 Å². The Morgan fingerprint density at radius 1 is 1.55 bits per heavy atom. The molecule has 1 aromatic rings. The minimum absolute atomic E-state index is 0. The van der Waals surface area contributed by atoms with Gasteiger partial charge < -0.3 is 10.2 Å². The van der Waals surface area contributed by atoms with E-state index in [4.69, 9.17) is 11.6 Å². The zero-order valence-electron chi connectivity index (χ0n) is 11.9. The molecular weight excluding hydrogens is 299 g/mol. The van der Waals surface area contributed by atoms with Crippen molar-refractivity contribution in [2.24, 2.45) is 7.05 Å². The van der Waals surface area contributed by atoms with E-state index in [0.29, 0.717) is 11.2 Å². The molecule has 0 radical (unpaired) electrons. The van der Waals surface area contributed by atoms with Gasteiger partial charge in [0.15, 0.2) is 0 Å². The Morgan fingerprint density at radius 2 is 2.25 bits per heavy atom. The summed E-state index contributed by atoms with van der Waals surface area (Å²) in [4.78, 5) is 13.9. The van der Waals surface area contributed by atoms with Gasteiger partial charge in [-0.2, -0.15) is 5.10 Å². The lowest BCUT2D eigenvalue weighted by Crippen LogP contribution is -2.50. The second-order valence-corrected chi connectivity index (χ2v) is 5.24. The standard InChI is InChI=1S/C13H19ClN4O.ClH/c1-9-8-18(7-6-15-9)12(19)5-4-11-10(2)16-17(3)13(11)14;/h4-5,9,15H,6-8H2,1-3H3;1H. The van der Waals surface area contributed by atoms with Crippen LogP contribution in [0, 0.1) is 6.92 Å². The molecule has 0 spiro atoms. The SMILES string of the molecule is Cc1nn(C)c(Cl)c1C=CC(=O)N1CCNC(C)C1.Cl. The normalized spacial score (nSPS) is 19.2. The molecule has 1 aliphatic heterocycles. The second kappa shape index (κ2) is 7.11. The summed E-state index contributed by atoms with van der Waals surface area (Å²) in [6, 6.07) is 0.342. The van der Waals surface area contributed by atoms with E-state index in [9.17, 15) is 4.79 Å². The summed E-state index contributed by atoms with van der Waals surface area (Å²) in [5.41, 5.74) is 1.63. The van der Waals surface area contributed by atoms with Gasteiger partial charge >= 0.3 is 0 Å². The summed E-state index contributed by atoms with van der Waals surface area (Å²) in [6.45, 7) is 6.28. The molecule has 2 rings (SSSR count). The highest BCUT2D eigenvalue weighted by Gasteiger charge is 2.18. The van der Waals surface area contributed by atoms with Gasteiger partial charge in [-0.15, -0.1) is 12.4 Å². The molecule has 0 aliphatic carbocycles. The minimum atomic E-state index is 0. The summed E-state index contributed by atoms with van der Waals surface area (Å²) >= 11 is 6.12. The lowest BCUT2D eigenvalue weighted by Gasteiger charge is -2.31. The Labute approximate surface area is 130 Å². The Morgan fingerprint density at radius 3 is 2.80 bits per heavy atom. The zero-order chi connectivity index (χ0) is 14.0. The second-order valence-electron chi connectivity index (χ2n) is 4.89. The van der Waals surface area contributed by atoms with Crippen molar-refractivity contribution in [1.82, 2.24) is 20.0 Å². The summed E-state index contributed by atoms with van der Waals surface area (Å²) in [5, 5.41) is 8.07. The highest BCUT2D eigenvalue weighted by atomic mass is 35.5. The van der Waals surface area contributed by atoms with Crippen LogP contribution in [0.5, 0.6) is 0 Å². The smallest absolute Gasteiger partial charge is 0.246 e. The number of piperazine rings is 1.